The van der Waals surface area contributed by atoms with Crippen LogP contribution in [-0.4, -0.2) is 47.7 Å². The van der Waals surface area contributed by atoms with Gasteiger partial charge in [-0.3, -0.25) is 9.52 Å². The van der Waals surface area contributed by atoms with Gasteiger partial charge in [0.1, 0.15) is 5.82 Å². The minimum Gasteiger partial charge on any atom is -0.383 e. The second-order valence-electron chi connectivity index (χ2n) is 5.64. The lowest BCUT2D eigenvalue weighted by atomic mass is 10.2. The Balaban J connectivity index is 1.98. The zero-order chi connectivity index (χ0) is 19.7. The lowest BCUT2D eigenvalue weighted by molar-refractivity contribution is 0.0953. The molecule has 9 heteroatoms. The number of anilines is 1. The normalized spacial score (nSPS) is 11.2. The molecule has 3 N–H and O–H groups in total. The SMILES string of the molecule is COCCNCCNC(=O)c1cccc(S(=O)(=O)Nc2ccc(F)cc2)c1. The quantitative estimate of drug-likeness (QED) is 0.531. The van der Waals surface area contributed by atoms with Crippen LogP contribution in [0.4, 0.5) is 10.1 Å². The predicted molar refractivity (Wildman–Crippen MR) is 101 cm³/mol. The van der Waals surface area contributed by atoms with Crippen molar-refractivity contribution in [3.63, 3.8) is 0 Å². The smallest absolute Gasteiger partial charge is 0.261 e. The van der Waals surface area contributed by atoms with Gasteiger partial charge in [0.15, 0.2) is 0 Å². The molecule has 0 saturated carbocycles. The molecular weight excluding hydrogens is 373 g/mol. The maximum atomic E-state index is 12.9. The summed E-state index contributed by atoms with van der Waals surface area (Å²) in [5.74, 6) is -0.837. The Hall–Kier alpha value is -2.49. The third-order valence-electron chi connectivity index (χ3n) is 3.57. The highest BCUT2D eigenvalue weighted by Crippen LogP contribution is 2.17. The Morgan fingerprint density at radius 2 is 1.81 bits per heavy atom. The summed E-state index contributed by atoms with van der Waals surface area (Å²) in [4.78, 5) is 12.1. The summed E-state index contributed by atoms with van der Waals surface area (Å²) >= 11 is 0. The number of nitrogens with one attached hydrogen (secondary N) is 3. The number of ether oxygens (including phenoxy) is 1. The van der Waals surface area contributed by atoms with Gasteiger partial charge < -0.3 is 15.4 Å². The summed E-state index contributed by atoms with van der Waals surface area (Å²) < 4.78 is 45.1. The van der Waals surface area contributed by atoms with Crippen molar-refractivity contribution in [1.29, 1.82) is 0 Å². The first-order valence-corrected chi connectivity index (χ1v) is 9.77. The maximum absolute atomic E-state index is 12.9. The molecule has 2 aromatic rings. The molecule has 0 aliphatic rings. The molecule has 2 aromatic carbocycles. The molecule has 146 valence electrons. The minimum absolute atomic E-state index is 0.0577. The van der Waals surface area contributed by atoms with Crippen LogP contribution in [0.25, 0.3) is 0 Å². The molecule has 0 atom stereocenters. The first-order chi connectivity index (χ1) is 12.9. The van der Waals surface area contributed by atoms with Crippen molar-refractivity contribution in [2.45, 2.75) is 4.90 Å². The maximum Gasteiger partial charge on any atom is 0.261 e. The summed E-state index contributed by atoms with van der Waals surface area (Å²) in [6.07, 6.45) is 0. The van der Waals surface area contributed by atoms with Gasteiger partial charge in [-0.05, 0) is 42.5 Å². The van der Waals surface area contributed by atoms with Gasteiger partial charge in [0, 0.05) is 38.0 Å². The minimum atomic E-state index is -3.90. The molecule has 0 heterocycles. The van der Waals surface area contributed by atoms with Crippen molar-refractivity contribution in [2.75, 3.05) is 38.1 Å². The molecule has 1 amide bonds. The monoisotopic (exact) mass is 395 g/mol. The van der Waals surface area contributed by atoms with E-state index in [2.05, 4.69) is 15.4 Å². The van der Waals surface area contributed by atoms with Gasteiger partial charge >= 0.3 is 0 Å². The Morgan fingerprint density at radius 1 is 1.07 bits per heavy atom. The Kier molecular flexibility index (Phi) is 7.71. The molecule has 0 unspecified atom stereocenters. The van der Waals surface area contributed by atoms with Crippen LogP contribution >= 0.6 is 0 Å². The summed E-state index contributed by atoms with van der Waals surface area (Å²) in [6.45, 7) is 2.22. The van der Waals surface area contributed by atoms with Crippen LogP contribution in [0.5, 0.6) is 0 Å². The Morgan fingerprint density at radius 3 is 2.52 bits per heavy atom. The van der Waals surface area contributed by atoms with E-state index in [-0.39, 0.29) is 22.1 Å². The molecule has 0 bridgehead atoms. The van der Waals surface area contributed by atoms with E-state index in [1.54, 1.807) is 7.11 Å². The number of hydrogen-bond acceptors (Lipinski definition) is 5. The van der Waals surface area contributed by atoms with Crippen molar-refractivity contribution in [2.24, 2.45) is 0 Å². The molecule has 27 heavy (non-hydrogen) atoms. The molecular formula is C18H22FN3O4S. The highest BCUT2D eigenvalue weighted by Gasteiger charge is 2.16. The van der Waals surface area contributed by atoms with Crippen LogP contribution in [0.1, 0.15) is 10.4 Å². The molecule has 7 nitrogen and oxygen atoms in total. The predicted octanol–water partition coefficient (Wildman–Crippen LogP) is 1.59. The van der Waals surface area contributed by atoms with Gasteiger partial charge in [0.05, 0.1) is 11.5 Å². The van der Waals surface area contributed by atoms with Gasteiger partial charge in [-0.25, -0.2) is 12.8 Å². The third-order valence-corrected chi connectivity index (χ3v) is 4.95. The summed E-state index contributed by atoms with van der Waals surface area (Å²) in [6, 6.07) is 10.6. The van der Waals surface area contributed by atoms with Crippen molar-refractivity contribution in [1.82, 2.24) is 10.6 Å². The topological polar surface area (TPSA) is 96.5 Å². The highest BCUT2D eigenvalue weighted by molar-refractivity contribution is 7.92. The molecule has 0 fully saturated rings. The molecule has 0 saturated heterocycles. The number of benzene rings is 2. The van der Waals surface area contributed by atoms with Crippen LogP contribution in [0, 0.1) is 5.82 Å². The number of methoxy groups -OCH3 is 1. The first-order valence-electron chi connectivity index (χ1n) is 8.29. The summed E-state index contributed by atoms with van der Waals surface area (Å²) in [7, 11) is -2.29. The number of hydrogen-bond donors (Lipinski definition) is 3. The van der Waals surface area contributed by atoms with Crippen LogP contribution in [-0.2, 0) is 14.8 Å². The molecule has 0 aliphatic heterocycles. The van der Waals surface area contributed by atoms with Gasteiger partial charge in [0.25, 0.3) is 15.9 Å². The fourth-order valence-electron chi connectivity index (χ4n) is 2.20. The van der Waals surface area contributed by atoms with Crippen molar-refractivity contribution < 1.29 is 22.3 Å². The van der Waals surface area contributed by atoms with Crippen molar-refractivity contribution in [3.05, 3.63) is 59.9 Å². The van der Waals surface area contributed by atoms with Gasteiger partial charge in [0.2, 0.25) is 0 Å². The number of sulfonamides is 1. The van der Waals surface area contributed by atoms with Gasteiger partial charge in [-0.2, -0.15) is 0 Å². The number of halogens is 1. The van der Waals surface area contributed by atoms with Crippen LogP contribution in [0.2, 0.25) is 0 Å². The van der Waals surface area contributed by atoms with Gasteiger partial charge in [-0.1, -0.05) is 6.07 Å². The first kappa shape index (κ1) is 20.8. The zero-order valence-electron chi connectivity index (χ0n) is 14.9. The lowest BCUT2D eigenvalue weighted by Gasteiger charge is -2.10. The van der Waals surface area contributed by atoms with Gasteiger partial charge in [-0.15, -0.1) is 0 Å². The second kappa shape index (κ2) is 10.0. The van der Waals surface area contributed by atoms with E-state index in [1.165, 1.54) is 36.4 Å². The largest absolute Gasteiger partial charge is 0.383 e. The number of carbonyl (C=O) groups excluding carboxylic acids is 1. The average molecular weight is 395 g/mol. The van der Waals surface area contributed by atoms with E-state index in [1.807, 2.05) is 0 Å². The van der Waals surface area contributed by atoms with Crippen molar-refractivity contribution >= 4 is 21.6 Å². The average Bonchev–Trinajstić information content (AvgIpc) is 2.66. The third kappa shape index (κ3) is 6.63. The lowest BCUT2D eigenvalue weighted by Crippen LogP contribution is -2.33. The zero-order valence-corrected chi connectivity index (χ0v) is 15.7. The summed E-state index contributed by atoms with van der Waals surface area (Å²) in [5, 5.41) is 5.80. The Labute approximate surface area is 158 Å². The van der Waals surface area contributed by atoms with E-state index < -0.39 is 15.8 Å². The van der Waals surface area contributed by atoms with Crippen LogP contribution in [0.3, 0.4) is 0 Å². The standard InChI is InChI=1S/C18H22FN3O4S/c1-26-12-11-20-9-10-21-18(23)14-3-2-4-17(13-14)27(24,25)22-16-7-5-15(19)6-8-16/h2-8,13,20,22H,9-12H2,1H3,(H,21,23). The fourth-order valence-corrected chi connectivity index (χ4v) is 3.31. The van der Waals surface area contributed by atoms with Crippen LogP contribution < -0.4 is 15.4 Å². The van der Waals surface area contributed by atoms with E-state index in [4.69, 9.17) is 4.74 Å². The molecule has 0 spiro atoms. The number of carbonyl (C=O) groups is 1. The number of amides is 1. The van der Waals surface area contributed by atoms with E-state index >= 15 is 0 Å². The van der Waals surface area contributed by atoms with E-state index in [9.17, 15) is 17.6 Å². The Bertz CT molecular complexity index is 857. The second-order valence-corrected chi connectivity index (χ2v) is 7.32. The summed E-state index contributed by atoms with van der Waals surface area (Å²) in [5.41, 5.74) is 0.460. The van der Waals surface area contributed by atoms with Crippen molar-refractivity contribution in [3.8, 4) is 0 Å². The number of rotatable bonds is 10. The molecule has 0 aliphatic carbocycles. The van der Waals surface area contributed by atoms with E-state index in [0.717, 1.165) is 12.1 Å². The molecule has 2 rings (SSSR count). The molecule has 0 aromatic heterocycles. The fraction of sp³-hybridized carbons (Fsp3) is 0.278. The highest BCUT2D eigenvalue weighted by atomic mass is 32.2. The van der Waals surface area contributed by atoms with Crippen LogP contribution in [0.15, 0.2) is 53.4 Å². The molecule has 0 radical (unpaired) electrons. The van der Waals surface area contributed by atoms with E-state index in [0.29, 0.717) is 26.2 Å².